The van der Waals surface area contributed by atoms with Crippen molar-refractivity contribution in [3.8, 4) is 108 Å². The number of fused-ring (bicyclic) bond motifs is 13. The molecule has 0 fully saturated rings. The van der Waals surface area contributed by atoms with Crippen molar-refractivity contribution >= 4 is 138 Å². The first-order valence-electron chi connectivity index (χ1n) is 45.2. The molecule has 19 nitrogen and oxygen atoms in total. The molecule has 14 heterocycles. The van der Waals surface area contributed by atoms with Gasteiger partial charge in [-0.05, 0) is 199 Å². The van der Waals surface area contributed by atoms with Gasteiger partial charge in [-0.2, -0.15) is 0 Å². The second kappa shape index (κ2) is 39.7. The van der Waals surface area contributed by atoms with Gasteiger partial charge in [-0.3, -0.25) is 33.2 Å². The molecule has 0 aliphatic heterocycles. The quantitative estimate of drug-likeness (QED) is 0.0688. The van der Waals surface area contributed by atoms with E-state index in [2.05, 4.69) is 271 Å². The Morgan fingerprint density at radius 1 is 0.271 bits per heavy atom. The van der Waals surface area contributed by atoms with Crippen LogP contribution in [0.5, 0.6) is 5.75 Å². The minimum atomic E-state index is 0. The zero-order valence-electron chi connectivity index (χ0n) is 75.1. The van der Waals surface area contributed by atoms with Crippen LogP contribution >= 0.6 is 9.24 Å². The average molecular weight is 2050 g/mol. The minimum absolute atomic E-state index is 0. The number of phenolic OH excluding ortho intramolecular Hbond substituents is 1. The first-order chi connectivity index (χ1) is 68.3. The van der Waals surface area contributed by atoms with Crippen LogP contribution in [0.2, 0.25) is 0 Å². The van der Waals surface area contributed by atoms with Gasteiger partial charge in [0, 0.05) is 161 Å². The summed E-state index contributed by atoms with van der Waals surface area (Å²) in [6.07, 6.45) is 14.4. The van der Waals surface area contributed by atoms with E-state index in [-0.39, 0.29) is 45.3 Å². The van der Waals surface area contributed by atoms with Gasteiger partial charge >= 0.3 is 0 Å². The van der Waals surface area contributed by atoms with Crippen LogP contribution in [-0.2, 0) is 39.6 Å². The van der Waals surface area contributed by atoms with Gasteiger partial charge in [0.1, 0.15) is 45.3 Å². The SMILES string of the molecule is Oc1ccccc1-c1nc2cccnc2n1-c1ccccc1.[B]CP.[Ir].[Zn].[c-]1ccccc1-c1ccccn1.c1ccc2c(c1)c1ccccc1n2-c1ccc(-c2ccc(-n3c4ccccc4c4ccccc43)cc2)cc1.c1cnc2c(-n3c(-c4cc(-c5nc6cccnc6n5-c5cccc6cccnc56)cc(-c5nc6cccnc6n5-c5cccc6cccnc56)c4)nc4cccnc43)cccc2c1. The van der Waals surface area contributed by atoms with Crippen molar-refractivity contribution in [2.75, 3.05) is 6.06 Å². The van der Waals surface area contributed by atoms with Crippen LogP contribution in [0.15, 0.2) is 450 Å². The van der Waals surface area contributed by atoms with Crippen molar-refractivity contribution in [2.24, 2.45) is 0 Å². The predicted molar refractivity (Wildman–Crippen MR) is 561 cm³/mol. The van der Waals surface area contributed by atoms with E-state index >= 15 is 0 Å². The van der Waals surface area contributed by atoms with Gasteiger partial charge in [-0.25, -0.2) is 39.9 Å². The third-order valence-electron chi connectivity index (χ3n) is 24.5. The van der Waals surface area contributed by atoms with Crippen molar-refractivity contribution in [2.45, 2.75) is 0 Å². The normalized spacial score (nSPS) is 11.2. The summed E-state index contributed by atoms with van der Waals surface area (Å²) < 4.78 is 13.0. The van der Waals surface area contributed by atoms with E-state index in [0.717, 1.165) is 111 Å². The minimum Gasteiger partial charge on any atom is -0.507 e. The Hall–Kier alpha value is -17.1. The number of aromatic nitrogens is 18. The van der Waals surface area contributed by atoms with E-state index in [0.29, 0.717) is 51.9 Å². The number of hydrogen-bond donors (Lipinski definition) is 1. The molecule has 140 heavy (non-hydrogen) atoms. The van der Waals surface area contributed by atoms with Crippen LogP contribution in [0, 0.1) is 6.07 Å². The summed E-state index contributed by atoms with van der Waals surface area (Å²) in [4.78, 5) is 58.7. The molecule has 14 aromatic heterocycles. The Labute approximate surface area is 833 Å². The Balaban J connectivity index is 0.000000127. The van der Waals surface area contributed by atoms with Gasteiger partial charge in [0.25, 0.3) is 0 Å². The fourth-order valence-corrected chi connectivity index (χ4v) is 18.5. The monoisotopic (exact) mass is 2050 g/mol. The Kier molecular flexibility index (Phi) is 25.3. The van der Waals surface area contributed by atoms with E-state index in [9.17, 15) is 5.11 Å². The second-order valence-corrected chi connectivity index (χ2v) is 33.2. The topological polar surface area (TPSA) is 204 Å². The maximum Gasteiger partial charge on any atom is 0.165 e. The number of para-hydroxylation sites is 9. The van der Waals surface area contributed by atoms with Gasteiger partial charge in [0.15, 0.2) is 28.4 Å². The third kappa shape index (κ3) is 16.9. The molecule has 13 aromatic carbocycles. The number of benzene rings is 13. The van der Waals surface area contributed by atoms with E-state index in [1.807, 2.05) is 193 Å². The van der Waals surface area contributed by atoms with Gasteiger partial charge in [-0.15, -0.1) is 45.1 Å². The fourth-order valence-electron chi connectivity index (χ4n) is 18.5. The molecule has 1 N–H and O–H groups in total. The van der Waals surface area contributed by atoms with Gasteiger partial charge in [-0.1, -0.05) is 200 Å². The maximum absolute atomic E-state index is 10.2. The molecule has 1 unspecified atom stereocenters. The second-order valence-electron chi connectivity index (χ2n) is 32.7. The Morgan fingerprint density at radius 2 is 0.593 bits per heavy atom. The summed E-state index contributed by atoms with van der Waals surface area (Å²) in [5.41, 5.74) is 26.7. The summed E-state index contributed by atoms with van der Waals surface area (Å²) in [6.45, 7) is 0. The summed E-state index contributed by atoms with van der Waals surface area (Å²) in [7, 11) is 7.17. The molecule has 663 valence electrons. The Bertz CT molecular complexity index is 8480. The summed E-state index contributed by atoms with van der Waals surface area (Å²) in [5, 5.41) is 18.3. The molecule has 0 aliphatic carbocycles. The molecule has 0 bridgehead atoms. The molecule has 0 spiro atoms. The van der Waals surface area contributed by atoms with Crippen molar-refractivity contribution < 1.29 is 44.7 Å². The van der Waals surface area contributed by atoms with Gasteiger partial charge in [0.05, 0.1) is 69.1 Å². The summed E-state index contributed by atoms with van der Waals surface area (Å²) in [6, 6.07) is 140. The summed E-state index contributed by atoms with van der Waals surface area (Å²) in [5.74, 6) is 2.90. The largest absolute Gasteiger partial charge is 0.507 e. The van der Waals surface area contributed by atoms with Crippen LogP contribution in [0.3, 0.4) is 0 Å². The number of rotatable bonds is 12. The van der Waals surface area contributed by atoms with Crippen LogP contribution < -0.4 is 0 Å². The van der Waals surface area contributed by atoms with Crippen molar-refractivity contribution in [3.05, 3.63) is 456 Å². The Morgan fingerprint density at radius 3 is 0.971 bits per heavy atom. The van der Waals surface area contributed by atoms with Crippen LogP contribution in [0.1, 0.15) is 0 Å². The molecule has 3 radical (unpaired) electrons. The van der Waals surface area contributed by atoms with Crippen molar-refractivity contribution in [1.82, 2.24) is 87.2 Å². The number of phenols is 1. The van der Waals surface area contributed by atoms with E-state index in [4.69, 9.17) is 52.7 Å². The van der Waals surface area contributed by atoms with Crippen molar-refractivity contribution in [1.29, 1.82) is 0 Å². The summed E-state index contributed by atoms with van der Waals surface area (Å²) >= 11 is 0. The zero-order chi connectivity index (χ0) is 92.4. The average Bonchev–Trinajstić information content (AvgIpc) is 1.11. The third-order valence-corrected chi connectivity index (χ3v) is 24.5. The first-order valence-corrected chi connectivity index (χ1v) is 46.0. The standard InChI is InChI=1S/C51H30N12.C36H24N2.C18H13N3O.C11H8N.CH4BP.Ir.Zn/c1-10-31-13-4-22-52-43(31)40(19-1)61-46(58-37-16-7-25-55-49(37)61)34-28-35(47-59-38-17-8-26-56-50(38)62(47)41-20-2-11-32-14-5-23-53-44(32)41)30-36(29-34)48-60-39-18-9-27-57-51(39)63(48)42-21-3-12-33-15-6-24-54-45(33)42;1-5-13-33-29(9-1)30-10-2-6-14-34(30)37(33)27-21-17-25(18-22-27)26-19-23-28(24-20-26)38-35-15-7-3-11-31(35)32-12-4-8-16-36(32)38;22-16-11-5-4-9-14(16)17-20-15-10-6-12-19-18(15)21(17)13-7-2-1-3-8-13;1-2-6-10(7-3-1)11-8-4-5-9-12-11;2-1-3;;/h1-30H;1-24H;1-12,22H;1-6,8-9H;1,3H2;;/q;;;-1;;;. The van der Waals surface area contributed by atoms with Crippen LogP contribution in [0.4, 0.5) is 0 Å². The van der Waals surface area contributed by atoms with Gasteiger partial charge < -0.3 is 19.2 Å². The van der Waals surface area contributed by atoms with E-state index in [1.54, 1.807) is 43.1 Å². The van der Waals surface area contributed by atoms with Gasteiger partial charge in [0.2, 0.25) is 0 Å². The maximum atomic E-state index is 10.2. The zero-order valence-corrected chi connectivity index (χ0v) is 81.6. The van der Waals surface area contributed by atoms with E-state index in [1.165, 1.54) is 66.1 Å². The molecule has 27 rings (SSSR count). The number of nitrogens with zero attached hydrogens (tertiary/aromatic N) is 18. The smallest absolute Gasteiger partial charge is 0.165 e. The predicted octanol–water partition coefficient (Wildman–Crippen LogP) is 26.4. The number of imidazole rings is 4. The molecular formula is C117H79BIrN18OPZn-. The first kappa shape index (κ1) is 89.4. The number of pyridine rings is 8. The number of aromatic hydroxyl groups is 1. The molecule has 0 amide bonds. The molecule has 0 saturated heterocycles. The molecule has 27 aromatic rings. The van der Waals surface area contributed by atoms with Crippen LogP contribution in [0.25, 0.3) is 223 Å². The van der Waals surface area contributed by atoms with Crippen LogP contribution in [-0.4, -0.2) is 106 Å². The van der Waals surface area contributed by atoms with Crippen molar-refractivity contribution in [3.63, 3.8) is 0 Å². The molecule has 1 atom stereocenters. The number of hydrogen-bond acceptors (Lipinski definition) is 13. The molecular weight excluding hydrogens is 1970 g/mol. The molecule has 0 aliphatic rings. The van der Waals surface area contributed by atoms with E-state index < -0.39 is 0 Å². The molecule has 0 saturated carbocycles. The fraction of sp³-hybridized carbons (Fsp3) is 0.00855. The molecule has 23 heteroatoms.